The third kappa shape index (κ3) is 2.87. The fraction of sp³-hybridized carbons (Fsp3) is 0.286. The highest BCUT2D eigenvalue weighted by Gasteiger charge is 2.19. The van der Waals surface area contributed by atoms with Crippen LogP contribution >= 0.6 is 31.9 Å². The van der Waals surface area contributed by atoms with Crippen LogP contribution in [0, 0.1) is 6.92 Å². The number of nitrogens with one attached hydrogen (secondary N) is 1. The normalized spacial score (nSPS) is 12.7. The lowest BCUT2D eigenvalue weighted by Gasteiger charge is -2.18. The number of benzene rings is 1. The quantitative estimate of drug-likeness (QED) is 0.832. The first kappa shape index (κ1) is 13.8. The van der Waals surface area contributed by atoms with Crippen LogP contribution in [0.2, 0.25) is 0 Å². The first-order chi connectivity index (χ1) is 8.63. The number of hydrogen-bond donors (Lipinski definition) is 1. The van der Waals surface area contributed by atoms with Gasteiger partial charge in [0, 0.05) is 8.95 Å². The molecular formula is C14H15Br2NO. The Kier molecular flexibility index (Phi) is 4.65. The maximum absolute atomic E-state index is 5.53. The highest BCUT2D eigenvalue weighted by atomic mass is 79.9. The minimum absolute atomic E-state index is 0.0660. The van der Waals surface area contributed by atoms with Crippen LogP contribution in [0.5, 0.6) is 0 Å². The van der Waals surface area contributed by atoms with E-state index in [0.29, 0.717) is 0 Å². The van der Waals surface area contributed by atoms with E-state index in [2.05, 4.69) is 63.2 Å². The van der Waals surface area contributed by atoms with E-state index in [9.17, 15) is 0 Å². The van der Waals surface area contributed by atoms with E-state index in [1.165, 1.54) is 11.1 Å². The predicted molar refractivity (Wildman–Crippen MR) is 80.8 cm³/mol. The molecule has 1 N–H and O–H groups in total. The zero-order valence-corrected chi connectivity index (χ0v) is 13.5. The molecule has 0 saturated heterocycles. The van der Waals surface area contributed by atoms with Gasteiger partial charge in [0.05, 0.1) is 12.3 Å². The van der Waals surface area contributed by atoms with E-state index in [4.69, 9.17) is 4.42 Å². The average Bonchev–Trinajstić information content (AvgIpc) is 2.85. The molecule has 0 bridgehead atoms. The standard InChI is InChI=1S/C14H15Br2NO/c1-3-17-14(13-5-4-6-18-13)10-8-11(15)9(2)7-12(10)16/h4-8,14,17H,3H2,1-2H3. The average molecular weight is 373 g/mol. The van der Waals surface area contributed by atoms with Crippen LogP contribution in [0.1, 0.15) is 29.9 Å². The summed E-state index contributed by atoms with van der Waals surface area (Å²) >= 11 is 7.22. The zero-order valence-electron chi connectivity index (χ0n) is 10.3. The molecular weight excluding hydrogens is 358 g/mol. The number of aryl methyl sites for hydroxylation is 1. The van der Waals surface area contributed by atoms with Gasteiger partial charge in [0.15, 0.2) is 0 Å². The van der Waals surface area contributed by atoms with Gasteiger partial charge in [-0.2, -0.15) is 0 Å². The van der Waals surface area contributed by atoms with Crippen molar-refractivity contribution in [2.75, 3.05) is 6.54 Å². The van der Waals surface area contributed by atoms with E-state index in [0.717, 1.165) is 21.3 Å². The Labute approximate surface area is 124 Å². The van der Waals surface area contributed by atoms with Gasteiger partial charge >= 0.3 is 0 Å². The lowest BCUT2D eigenvalue weighted by atomic mass is 10.0. The van der Waals surface area contributed by atoms with Crippen molar-refractivity contribution in [3.8, 4) is 0 Å². The van der Waals surface area contributed by atoms with Crippen molar-refractivity contribution in [1.82, 2.24) is 5.32 Å². The molecule has 1 atom stereocenters. The summed E-state index contributed by atoms with van der Waals surface area (Å²) in [6.07, 6.45) is 1.71. The lowest BCUT2D eigenvalue weighted by molar-refractivity contribution is 0.451. The van der Waals surface area contributed by atoms with Gasteiger partial charge in [-0.05, 0) is 48.9 Å². The van der Waals surface area contributed by atoms with Gasteiger partial charge in [-0.15, -0.1) is 0 Å². The summed E-state index contributed by atoms with van der Waals surface area (Å²) in [5, 5.41) is 3.44. The molecule has 0 saturated carbocycles. The summed E-state index contributed by atoms with van der Waals surface area (Å²) in [4.78, 5) is 0. The second-order valence-electron chi connectivity index (χ2n) is 4.13. The van der Waals surface area contributed by atoms with Crippen LogP contribution < -0.4 is 5.32 Å². The summed E-state index contributed by atoms with van der Waals surface area (Å²) in [5.74, 6) is 0.924. The van der Waals surface area contributed by atoms with Gasteiger partial charge in [-0.25, -0.2) is 0 Å². The number of rotatable bonds is 4. The summed E-state index contributed by atoms with van der Waals surface area (Å²) in [6.45, 7) is 5.05. The fourth-order valence-electron chi connectivity index (χ4n) is 1.91. The largest absolute Gasteiger partial charge is 0.467 e. The third-order valence-electron chi connectivity index (χ3n) is 2.82. The van der Waals surface area contributed by atoms with Gasteiger partial charge in [-0.1, -0.05) is 38.8 Å². The van der Waals surface area contributed by atoms with Crippen LogP contribution in [0.15, 0.2) is 43.9 Å². The van der Waals surface area contributed by atoms with Crippen molar-refractivity contribution in [3.63, 3.8) is 0 Å². The number of halogens is 2. The molecule has 0 amide bonds. The Morgan fingerprint density at radius 1 is 1.28 bits per heavy atom. The van der Waals surface area contributed by atoms with Crippen molar-refractivity contribution in [2.45, 2.75) is 19.9 Å². The Morgan fingerprint density at radius 2 is 2.06 bits per heavy atom. The molecule has 1 aromatic carbocycles. The van der Waals surface area contributed by atoms with Crippen LogP contribution in [-0.4, -0.2) is 6.54 Å². The zero-order chi connectivity index (χ0) is 13.1. The molecule has 0 aliphatic heterocycles. The summed E-state index contributed by atoms with van der Waals surface area (Å²) in [6, 6.07) is 8.23. The molecule has 1 aromatic heterocycles. The minimum Gasteiger partial charge on any atom is -0.467 e. The fourth-order valence-corrected chi connectivity index (χ4v) is 2.95. The first-order valence-electron chi connectivity index (χ1n) is 5.85. The van der Waals surface area contributed by atoms with Crippen molar-refractivity contribution >= 4 is 31.9 Å². The van der Waals surface area contributed by atoms with Gasteiger partial charge in [0.25, 0.3) is 0 Å². The molecule has 96 valence electrons. The molecule has 2 aromatic rings. The molecule has 0 aliphatic carbocycles. The maximum atomic E-state index is 5.53. The molecule has 2 rings (SSSR count). The molecule has 1 unspecified atom stereocenters. The second kappa shape index (κ2) is 6.04. The lowest BCUT2D eigenvalue weighted by Crippen LogP contribution is -2.22. The molecule has 0 fully saturated rings. The van der Waals surface area contributed by atoms with E-state index in [-0.39, 0.29) is 6.04 Å². The third-order valence-corrected chi connectivity index (χ3v) is 4.37. The Balaban J connectivity index is 2.46. The van der Waals surface area contributed by atoms with E-state index in [1.807, 2.05) is 12.1 Å². The highest BCUT2D eigenvalue weighted by Crippen LogP contribution is 2.33. The molecule has 0 spiro atoms. The highest BCUT2D eigenvalue weighted by molar-refractivity contribution is 9.11. The Bertz CT molecular complexity index is 523. The molecule has 1 heterocycles. The van der Waals surface area contributed by atoms with Gasteiger partial charge in [0.1, 0.15) is 5.76 Å². The van der Waals surface area contributed by atoms with Crippen molar-refractivity contribution < 1.29 is 4.42 Å². The molecule has 0 aliphatic rings. The topological polar surface area (TPSA) is 25.2 Å². The van der Waals surface area contributed by atoms with Gasteiger partial charge in [0.2, 0.25) is 0 Å². The van der Waals surface area contributed by atoms with E-state index in [1.54, 1.807) is 6.26 Å². The minimum atomic E-state index is 0.0660. The monoisotopic (exact) mass is 371 g/mol. The Morgan fingerprint density at radius 3 is 2.67 bits per heavy atom. The van der Waals surface area contributed by atoms with Crippen LogP contribution in [0.25, 0.3) is 0 Å². The van der Waals surface area contributed by atoms with Crippen LogP contribution in [0.4, 0.5) is 0 Å². The summed E-state index contributed by atoms with van der Waals surface area (Å²) in [7, 11) is 0. The number of furan rings is 1. The second-order valence-corrected chi connectivity index (χ2v) is 5.84. The van der Waals surface area contributed by atoms with E-state index < -0.39 is 0 Å². The summed E-state index contributed by atoms with van der Waals surface area (Å²) in [5.41, 5.74) is 2.38. The van der Waals surface area contributed by atoms with Gasteiger partial charge < -0.3 is 9.73 Å². The van der Waals surface area contributed by atoms with Crippen molar-refractivity contribution in [1.29, 1.82) is 0 Å². The predicted octanol–water partition coefficient (Wildman–Crippen LogP) is 4.81. The van der Waals surface area contributed by atoms with E-state index >= 15 is 0 Å². The Hall–Kier alpha value is -0.580. The van der Waals surface area contributed by atoms with Crippen molar-refractivity contribution in [3.05, 3.63) is 56.4 Å². The molecule has 4 heteroatoms. The summed E-state index contributed by atoms with van der Waals surface area (Å²) < 4.78 is 7.72. The smallest absolute Gasteiger partial charge is 0.125 e. The first-order valence-corrected chi connectivity index (χ1v) is 7.44. The van der Waals surface area contributed by atoms with Crippen LogP contribution in [0.3, 0.4) is 0 Å². The molecule has 2 nitrogen and oxygen atoms in total. The maximum Gasteiger partial charge on any atom is 0.125 e. The SMILES string of the molecule is CCNC(c1ccco1)c1cc(Br)c(C)cc1Br. The molecule has 18 heavy (non-hydrogen) atoms. The molecule has 0 radical (unpaired) electrons. The number of hydrogen-bond acceptors (Lipinski definition) is 2. The van der Waals surface area contributed by atoms with Crippen molar-refractivity contribution in [2.24, 2.45) is 0 Å². The van der Waals surface area contributed by atoms with Crippen LogP contribution in [-0.2, 0) is 0 Å². The van der Waals surface area contributed by atoms with Gasteiger partial charge in [-0.3, -0.25) is 0 Å².